The van der Waals surface area contributed by atoms with Crippen LogP contribution in [0.2, 0.25) is 0 Å². The lowest BCUT2D eigenvalue weighted by Crippen LogP contribution is -2.21. The average molecular weight is 345 g/mol. The first-order chi connectivity index (χ1) is 11.4. The van der Waals surface area contributed by atoms with Gasteiger partial charge in [0, 0.05) is 9.99 Å². The smallest absolute Gasteiger partial charge is 0.218 e. The normalized spacial score (nSPS) is 12.2. The summed E-state index contributed by atoms with van der Waals surface area (Å²) < 4.78 is 26.7. The van der Waals surface area contributed by atoms with Crippen molar-refractivity contribution in [2.75, 3.05) is 6.26 Å². The van der Waals surface area contributed by atoms with E-state index in [1.54, 1.807) is 0 Å². The van der Waals surface area contributed by atoms with Gasteiger partial charge in [0.1, 0.15) is 6.20 Å². The second kappa shape index (κ2) is 4.74. The Morgan fingerprint density at radius 1 is 1.12 bits per heavy atom. The molecule has 3 heterocycles. The van der Waals surface area contributed by atoms with Crippen LogP contribution in [0.3, 0.4) is 0 Å². The van der Waals surface area contributed by atoms with Crippen molar-refractivity contribution in [3.8, 4) is 11.4 Å². The Kier molecular flexibility index (Phi) is 2.88. The maximum absolute atomic E-state index is 12.2. The number of aryl methyl sites for hydroxylation is 1. The SMILES string of the molecule is Cn1n(S(C)(=O)=O)cc2n1c1nc(-c3ccccc3)nc1c[n+]2=O. The lowest BCUT2D eigenvalue weighted by Gasteiger charge is -2.01. The van der Waals surface area contributed by atoms with Crippen LogP contribution in [0.1, 0.15) is 0 Å². The van der Waals surface area contributed by atoms with E-state index in [1.807, 2.05) is 30.3 Å². The molecule has 0 aliphatic carbocycles. The molecule has 0 atom stereocenters. The molecule has 0 aliphatic heterocycles. The van der Waals surface area contributed by atoms with Crippen molar-refractivity contribution in [1.29, 1.82) is 0 Å². The Bertz CT molecular complexity index is 1250. The van der Waals surface area contributed by atoms with Gasteiger partial charge in [-0.1, -0.05) is 39.8 Å². The molecule has 0 spiro atoms. The van der Waals surface area contributed by atoms with E-state index in [9.17, 15) is 13.3 Å². The number of aromatic nitrogens is 6. The molecule has 1 aromatic carbocycles. The molecular formula is C14H13N6O3S+. The minimum absolute atomic E-state index is 0.134. The molecule has 10 heteroatoms. The van der Waals surface area contributed by atoms with Crippen LogP contribution < -0.4 is 4.43 Å². The second-order valence-electron chi connectivity index (χ2n) is 5.40. The largest absolute Gasteiger partial charge is 0.372 e. The average Bonchev–Trinajstić information content (AvgIpc) is 3.09. The summed E-state index contributed by atoms with van der Waals surface area (Å²) >= 11 is 0. The first kappa shape index (κ1) is 14.6. The molecule has 0 N–H and O–H groups in total. The van der Waals surface area contributed by atoms with Gasteiger partial charge in [0.25, 0.3) is 15.7 Å². The molecule has 4 rings (SSSR count). The second-order valence-corrected chi connectivity index (χ2v) is 7.24. The van der Waals surface area contributed by atoms with Gasteiger partial charge >= 0.3 is 5.65 Å². The molecule has 0 saturated carbocycles. The van der Waals surface area contributed by atoms with Gasteiger partial charge in [-0.2, -0.15) is 4.98 Å². The van der Waals surface area contributed by atoms with Crippen LogP contribution in [0, 0.1) is 4.91 Å². The predicted octanol–water partition coefficient (Wildman–Crippen LogP) is 0.412. The highest BCUT2D eigenvalue weighted by Gasteiger charge is 2.24. The van der Waals surface area contributed by atoms with Crippen LogP contribution in [0.15, 0.2) is 42.7 Å². The highest BCUT2D eigenvalue weighted by atomic mass is 32.2. The van der Waals surface area contributed by atoms with Gasteiger partial charge in [-0.05, 0) is 0 Å². The number of hydrogen-bond acceptors (Lipinski definition) is 5. The Hall–Kier alpha value is -3.01. The summed E-state index contributed by atoms with van der Waals surface area (Å²) in [5, 5.41) is 0. The first-order valence-electron chi connectivity index (χ1n) is 7.02. The lowest BCUT2D eigenvalue weighted by molar-refractivity contribution is -0.466. The minimum Gasteiger partial charge on any atom is -0.218 e. The number of nitrogens with zero attached hydrogens (tertiary/aromatic N) is 6. The van der Waals surface area contributed by atoms with Gasteiger partial charge in [-0.25, -0.2) is 13.4 Å². The van der Waals surface area contributed by atoms with Crippen molar-refractivity contribution < 1.29 is 12.8 Å². The van der Waals surface area contributed by atoms with E-state index in [-0.39, 0.29) is 5.65 Å². The number of hydrogen-bond donors (Lipinski definition) is 0. The van der Waals surface area contributed by atoms with E-state index in [2.05, 4.69) is 9.97 Å². The molecule has 122 valence electrons. The molecule has 24 heavy (non-hydrogen) atoms. The molecule has 0 aliphatic rings. The topological polar surface area (TPSA) is 97.2 Å². The van der Waals surface area contributed by atoms with Crippen LogP contribution in [0.4, 0.5) is 0 Å². The van der Waals surface area contributed by atoms with Crippen LogP contribution in [-0.4, -0.2) is 38.0 Å². The summed E-state index contributed by atoms with van der Waals surface area (Å²) in [7, 11) is -2.04. The van der Waals surface area contributed by atoms with E-state index < -0.39 is 10.0 Å². The van der Waals surface area contributed by atoms with Crippen LogP contribution in [0.25, 0.3) is 28.2 Å². The summed E-state index contributed by atoms with van der Waals surface area (Å²) in [5.74, 6) is 0.470. The van der Waals surface area contributed by atoms with Crippen molar-refractivity contribution in [3.63, 3.8) is 0 Å². The van der Waals surface area contributed by atoms with Crippen molar-refractivity contribution in [2.24, 2.45) is 7.05 Å². The summed E-state index contributed by atoms with van der Waals surface area (Å²) in [6.45, 7) is 0. The fourth-order valence-corrected chi connectivity index (χ4v) is 3.45. The van der Waals surface area contributed by atoms with E-state index >= 15 is 0 Å². The Labute approximate surface area is 136 Å². The Morgan fingerprint density at radius 3 is 2.50 bits per heavy atom. The van der Waals surface area contributed by atoms with Gasteiger partial charge in [0.15, 0.2) is 17.5 Å². The van der Waals surface area contributed by atoms with Crippen LogP contribution in [-0.2, 0) is 17.1 Å². The van der Waals surface area contributed by atoms with Crippen molar-refractivity contribution in [3.05, 3.63) is 47.6 Å². The number of benzene rings is 1. The lowest BCUT2D eigenvalue weighted by atomic mass is 10.2. The molecule has 4 aromatic rings. The number of rotatable bonds is 2. The first-order valence-corrected chi connectivity index (χ1v) is 8.87. The molecule has 0 fully saturated rings. The highest BCUT2D eigenvalue weighted by molar-refractivity contribution is 7.89. The van der Waals surface area contributed by atoms with Gasteiger partial charge in [-0.3, -0.25) is 0 Å². The summed E-state index contributed by atoms with van der Waals surface area (Å²) in [4.78, 5) is 22.4. The third-order valence-corrected chi connectivity index (χ3v) is 4.74. The minimum atomic E-state index is -3.57. The van der Waals surface area contributed by atoms with Crippen molar-refractivity contribution in [1.82, 2.24) is 23.4 Å². The maximum atomic E-state index is 12.2. The Morgan fingerprint density at radius 2 is 1.83 bits per heavy atom. The van der Waals surface area contributed by atoms with Crippen LogP contribution in [0.5, 0.6) is 0 Å². The molecule has 0 unspecified atom stereocenters. The zero-order chi connectivity index (χ0) is 17.1. The quantitative estimate of drug-likeness (QED) is 0.490. The van der Waals surface area contributed by atoms with Crippen molar-refractivity contribution >= 4 is 26.8 Å². The fraction of sp³-hybridized carbons (Fsp3) is 0.143. The van der Waals surface area contributed by atoms with Crippen LogP contribution >= 0.6 is 0 Å². The predicted molar refractivity (Wildman–Crippen MR) is 86.5 cm³/mol. The van der Waals surface area contributed by atoms with Crippen molar-refractivity contribution in [2.45, 2.75) is 0 Å². The highest BCUT2D eigenvalue weighted by Crippen LogP contribution is 2.20. The van der Waals surface area contributed by atoms with E-state index in [1.165, 1.54) is 28.8 Å². The standard InChI is InChI=1S/C14H13N6O3S/c1-17-19(24(2,22)23)9-12-18(21)8-11-14(20(12)17)16-13(15-11)10-6-4-3-5-7-10/h3-9H,1-2H3/q+1. The fourth-order valence-electron chi connectivity index (χ4n) is 2.66. The third-order valence-electron chi connectivity index (χ3n) is 3.72. The molecule has 0 radical (unpaired) electrons. The monoisotopic (exact) mass is 345 g/mol. The maximum Gasteiger partial charge on any atom is 0.372 e. The summed E-state index contributed by atoms with van der Waals surface area (Å²) in [6, 6.07) is 9.35. The van der Waals surface area contributed by atoms with E-state index in [0.29, 0.717) is 21.4 Å². The van der Waals surface area contributed by atoms with Gasteiger partial charge in [0.2, 0.25) is 0 Å². The van der Waals surface area contributed by atoms with E-state index in [4.69, 9.17) is 0 Å². The van der Waals surface area contributed by atoms with Gasteiger partial charge < -0.3 is 0 Å². The zero-order valence-electron chi connectivity index (χ0n) is 12.9. The molecule has 0 saturated heterocycles. The van der Waals surface area contributed by atoms with E-state index in [0.717, 1.165) is 15.9 Å². The number of imidazole rings is 1. The van der Waals surface area contributed by atoms with Gasteiger partial charge in [-0.15, -0.1) is 8.88 Å². The third kappa shape index (κ3) is 2.03. The van der Waals surface area contributed by atoms with Gasteiger partial charge in [0.05, 0.1) is 13.3 Å². The Balaban J connectivity index is 2.13. The molecule has 0 amide bonds. The summed E-state index contributed by atoms with van der Waals surface area (Å²) in [6.07, 6.45) is 3.60. The molecule has 0 bridgehead atoms. The molecular weight excluding hydrogens is 332 g/mol. The summed E-state index contributed by atoms with van der Waals surface area (Å²) in [5.41, 5.74) is 1.73. The molecule has 3 aromatic heterocycles. The molecule has 9 nitrogen and oxygen atoms in total. The zero-order valence-corrected chi connectivity index (χ0v) is 13.7. The number of fused-ring (bicyclic) bond motifs is 3.